The van der Waals surface area contributed by atoms with Gasteiger partial charge >= 0.3 is 0 Å². The Kier molecular flexibility index (Phi) is 8.90. The van der Waals surface area contributed by atoms with Crippen LogP contribution in [0.5, 0.6) is 0 Å². The van der Waals surface area contributed by atoms with Gasteiger partial charge in [-0.15, -0.1) is 0 Å². The van der Waals surface area contributed by atoms with E-state index in [1.807, 2.05) is 0 Å². The molecule has 0 aromatic carbocycles. The van der Waals surface area contributed by atoms with Crippen LogP contribution in [-0.4, -0.2) is 49.4 Å². The molecule has 0 bridgehead atoms. The Balaban J connectivity index is 2.78. The first-order chi connectivity index (χ1) is 10.4. The molecule has 1 rings (SSSR count). The average Bonchev–Trinajstić information content (AvgIpc) is 2.78. The molecule has 4 atom stereocenters. The predicted octanol–water partition coefficient (Wildman–Crippen LogP) is 2.81. The molecule has 7 heteroatoms. The first kappa shape index (κ1) is 19.9. The van der Waals surface area contributed by atoms with E-state index in [4.69, 9.17) is 19.0 Å². The lowest BCUT2D eigenvalue weighted by molar-refractivity contribution is 0.0317. The van der Waals surface area contributed by atoms with Crippen molar-refractivity contribution in [1.29, 1.82) is 5.26 Å². The second kappa shape index (κ2) is 9.85. The van der Waals surface area contributed by atoms with Crippen molar-refractivity contribution in [3.63, 3.8) is 0 Å². The molecule has 1 fully saturated rings. The van der Waals surface area contributed by atoms with Crippen LogP contribution < -0.4 is 0 Å². The van der Waals surface area contributed by atoms with Crippen molar-refractivity contribution in [2.75, 3.05) is 6.61 Å². The van der Waals surface area contributed by atoms with Crippen molar-refractivity contribution in [2.24, 2.45) is 0 Å². The molecular formula is C15H30BN2O3P. The van der Waals surface area contributed by atoms with Crippen LogP contribution in [-0.2, 0) is 13.8 Å². The highest BCUT2D eigenvalue weighted by atomic mass is 31.2. The highest BCUT2D eigenvalue weighted by Gasteiger charge is 2.37. The summed E-state index contributed by atoms with van der Waals surface area (Å²) in [5.41, 5.74) is 0. The van der Waals surface area contributed by atoms with Crippen LogP contribution in [0.25, 0.3) is 0 Å². The fourth-order valence-electron chi connectivity index (χ4n) is 2.80. The maximum Gasteiger partial charge on any atom is 0.259 e. The van der Waals surface area contributed by atoms with E-state index in [-0.39, 0.29) is 18.2 Å². The van der Waals surface area contributed by atoms with Gasteiger partial charge in [0.15, 0.2) is 0 Å². The maximum absolute atomic E-state index is 8.74. The van der Waals surface area contributed by atoms with E-state index >= 15 is 0 Å². The van der Waals surface area contributed by atoms with Crippen LogP contribution in [0.3, 0.4) is 0 Å². The molecule has 2 unspecified atom stereocenters. The third kappa shape index (κ3) is 5.79. The molecule has 22 heavy (non-hydrogen) atoms. The van der Waals surface area contributed by atoms with Gasteiger partial charge in [-0.1, -0.05) is 6.92 Å². The second-order valence-corrected chi connectivity index (χ2v) is 7.73. The largest absolute Gasteiger partial charge is 0.381 e. The highest BCUT2D eigenvalue weighted by molar-refractivity contribution is 7.44. The van der Waals surface area contributed by atoms with Gasteiger partial charge < -0.3 is 13.8 Å². The van der Waals surface area contributed by atoms with Gasteiger partial charge in [-0.05, 0) is 40.5 Å². The summed E-state index contributed by atoms with van der Waals surface area (Å²) in [5.74, 6) is 0. The van der Waals surface area contributed by atoms with Crippen molar-refractivity contribution in [3.8, 4) is 6.07 Å². The minimum absolute atomic E-state index is 0.0770. The molecule has 0 amide bonds. The molecule has 1 aliphatic rings. The maximum atomic E-state index is 8.74. The van der Waals surface area contributed by atoms with E-state index in [0.29, 0.717) is 25.1 Å². The first-order valence-electron chi connectivity index (χ1n) is 8.31. The molecule has 0 radical (unpaired) electrons. The summed E-state index contributed by atoms with van der Waals surface area (Å²) in [6.07, 6.45) is 2.46. The van der Waals surface area contributed by atoms with E-state index in [9.17, 15) is 0 Å². The predicted molar refractivity (Wildman–Crippen MR) is 92.2 cm³/mol. The summed E-state index contributed by atoms with van der Waals surface area (Å²) in [5, 5.41) is 8.74. The lowest BCUT2D eigenvalue weighted by Gasteiger charge is -2.37. The number of nitrogens with zero attached hydrogens (tertiary/aromatic N) is 2. The van der Waals surface area contributed by atoms with Gasteiger partial charge in [0.1, 0.15) is 7.85 Å². The van der Waals surface area contributed by atoms with E-state index in [0.717, 1.165) is 12.8 Å². The molecule has 0 saturated carbocycles. The third-order valence-corrected chi connectivity index (χ3v) is 5.83. The summed E-state index contributed by atoms with van der Waals surface area (Å²) in [7, 11) is 0.916. The number of ether oxygens (including phenoxy) is 1. The van der Waals surface area contributed by atoms with E-state index in [1.54, 1.807) is 0 Å². The first-order valence-corrected chi connectivity index (χ1v) is 9.44. The van der Waals surface area contributed by atoms with E-state index in [1.165, 1.54) is 0 Å². The fourth-order valence-corrected chi connectivity index (χ4v) is 4.56. The topological polar surface area (TPSA) is 54.7 Å². The zero-order valence-electron chi connectivity index (χ0n) is 14.8. The smallest absolute Gasteiger partial charge is 0.259 e. The van der Waals surface area contributed by atoms with Crippen molar-refractivity contribution in [1.82, 2.24) is 4.67 Å². The number of hydrogen-bond donors (Lipinski definition) is 0. The van der Waals surface area contributed by atoms with Crippen LogP contribution in [0, 0.1) is 11.3 Å². The van der Waals surface area contributed by atoms with Crippen LogP contribution in [0.15, 0.2) is 0 Å². The monoisotopic (exact) mass is 328 g/mol. The third-order valence-electron chi connectivity index (χ3n) is 3.68. The van der Waals surface area contributed by atoms with Crippen LogP contribution in [0.2, 0.25) is 0 Å². The fraction of sp³-hybridized carbons (Fsp3) is 0.933. The number of nitriles is 1. The minimum atomic E-state index is -1.17. The van der Waals surface area contributed by atoms with Crippen molar-refractivity contribution in [2.45, 2.75) is 84.2 Å². The molecule has 0 spiro atoms. The average molecular weight is 328 g/mol. The second-order valence-electron chi connectivity index (χ2n) is 6.32. The molecule has 5 nitrogen and oxygen atoms in total. The number of hydrogen-bond acceptors (Lipinski definition) is 5. The van der Waals surface area contributed by atoms with Crippen LogP contribution in [0.4, 0.5) is 0 Å². The Morgan fingerprint density at radius 2 is 2.00 bits per heavy atom. The van der Waals surface area contributed by atoms with Crippen LogP contribution >= 0.6 is 8.53 Å². The zero-order valence-corrected chi connectivity index (χ0v) is 15.7. The van der Waals surface area contributed by atoms with Gasteiger partial charge in [-0.25, -0.2) is 4.67 Å². The molecule has 126 valence electrons. The number of rotatable bonds is 9. The van der Waals surface area contributed by atoms with Crippen LogP contribution in [0.1, 0.15) is 53.9 Å². The van der Waals surface area contributed by atoms with Gasteiger partial charge in [0.25, 0.3) is 8.53 Å². The van der Waals surface area contributed by atoms with Gasteiger partial charge in [-0.3, -0.25) is 0 Å². The molecule has 1 heterocycles. The minimum Gasteiger partial charge on any atom is -0.381 e. The Labute approximate surface area is 137 Å². The lowest BCUT2D eigenvalue weighted by Crippen LogP contribution is -2.35. The molecular weight excluding hydrogens is 298 g/mol. The molecule has 0 aromatic rings. The summed E-state index contributed by atoms with van der Waals surface area (Å²) >= 11 is 0. The van der Waals surface area contributed by atoms with Gasteiger partial charge in [0.2, 0.25) is 0 Å². The summed E-state index contributed by atoms with van der Waals surface area (Å²) in [4.78, 5) is 0. The Bertz CT molecular complexity index is 357. The Hall–Kier alpha value is -0.175. The van der Waals surface area contributed by atoms with E-state index < -0.39 is 8.53 Å². The van der Waals surface area contributed by atoms with Gasteiger partial charge in [0, 0.05) is 18.1 Å². The van der Waals surface area contributed by atoms with Crippen molar-refractivity contribution >= 4 is 16.4 Å². The lowest BCUT2D eigenvalue weighted by atomic mass is 9.96. The highest BCUT2D eigenvalue weighted by Crippen LogP contribution is 2.49. The molecule has 0 N–H and O–H groups in total. The summed E-state index contributed by atoms with van der Waals surface area (Å²) < 4.78 is 20.5. The SMILES string of the molecule is B[C@H]1CC(OP(OCCC#N)N(C(C)C)C(C)C)[C@@H](CC)O1. The standard InChI is InChI=1S/C15H30BN2O3P/c1-6-13-14(10-15(16)20-13)21-22(19-9-7-8-17)18(11(2)3)12(4)5/h11-15H,6-7,9-10,16H2,1-5H3/t13-,14?,15-,22?/m1/s1. The molecule has 1 aliphatic heterocycles. The Morgan fingerprint density at radius 1 is 1.36 bits per heavy atom. The quantitative estimate of drug-likeness (QED) is 0.370. The van der Waals surface area contributed by atoms with Gasteiger partial charge in [0.05, 0.1) is 31.3 Å². The zero-order chi connectivity index (χ0) is 16.7. The van der Waals surface area contributed by atoms with Gasteiger partial charge in [-0.2, -0.15) is 5.26 Å². The normalized spacial score (nSPS) is 26.8. The Morgan fingerprint density at radius 3 is 2.50 bits per heavy atom. The molecule has 1 saturated heterocycles. The summed E-state index contributed by atoms with van der Waals surface area (Å²) in [6.45, 7) is 11.1. The van der Waals surface area contributed by atoms with E-state index in [2.05, 4.69) is 53.2 Å². The van der Waals surface area contributed by atoms with Crippen molar-refractivity contribution < 1.29 is 13.8 Å². The summed E-state index contributed by atoms with van der Waals surface area (Å²) in [6, 6.07) is 3.02. The molecule has 0 aliphatic carbocycles. The van der Waals surface area contributed by atoms with Crippen molar-refractivity contribution in [3.05, 3.63) is 0 Å². The molecule has 0 aromatic heterocycles.